The number of aryl methyl sites for hydroxylation is 1. The number of rotatable bonds is 5. The van der Waals surface area contributed by atoms with Gasteiger partial charge < -0.3 is 0 Å². The van der Waals surface area contributed by atoms with E-state index in [0.717, 1.165) is 16.3 Å². The monoisotopic (exact) mass is 310 g/mol. The lowest BCUT2D eigenvalue weighted by Crippen LogP contribution is -2.23. The summed E-state index contributed by atoms with van der Waals surface area (Å²) in [7, 11) is -3.48. The van der Waals surface area contributed by atoms with Crippen molar-refractivity contribution in [3.05, 3.63) is 45.9 Å². The largest absolute Gasteiger partial charge is 0.245 e. The molecule has 0 aliphatic rings. The summed E-state index contributed by atoms with van der Waals surface area (Å²) < 4.78 is 26.9. The van der Waals surface area contributed by atoms with Crippen molar-refractivity contribution in [3.8, 4) is 0 Å². The van der Waals surface area contributed by atoms with Gasteiger partial charge in [-0.1, -0.05) is 26.0 Å². The van der Waals surface area contributed by atoms with Crippen LogP contribution >= 0.6 is 11.3 Å². The molecule has 1 aromatic carbocycles. The van der Waals surface area contributed by atoms with Gasteiger partial charge in [0.25, 0.3) is 0 Å². The van der Waals surface area contributed by atoms with E-state index >= 15 is 0 Å². The summed E-state index contributed by atoms with van der Waals surface area (Å²) in [5, 5.41) is 2.67. The van der Waals surface area contributed by atoms with Gasteiger partial charge in [0, 0.05) is 11.1 Å². The summed E-state index contributed by atoms with van der Waals surface area (Å²) in [4.78, 5) is 4.52. The average Bonchev–Trinajstić information content (AvgIpc) is 2.82. The second-order valence-electron chi connectivity index (χ2n) is 4.93. The van der Waals surface area contributed by atoms with Gasteiger partial charge in [0.05, 0.1) is 11.4 Å². The molecule has 1 heterocycles. The molecular formula is C14H18N2O2S2. The summed E-state index contributed by atoms with van der Waals surface area (Å²) in [6, 6.07) is 7.00. The van der Waals surface area contributed by atoms with Crippen molar-refractivity contribution in [2.75, 3.05) is 0 Å². The van der Waals surface area contributed by atoms with Gasteiger partial charge in [0.2, 0.25) is 10.0 Å². The third kappa shape index (κ3) is 3.65. The van der Waals surface area contributed by atoms with Gasteiger partial charge in [-0.3, -0.25) is 0 Å². The molecule has 0 saturated heterocycles. The highest BCUT2D eigenvalue weighted by Gasteiger charge is 2.14. The quantitative estimate of drug-likeness (QED) is 0.923. The average molecular weight is 310 g/mol. The minimum Gasteiger partial charge on any atom is -0.245 e. The molecule has 0 amide bonds. The Morgan fingerprint density at radius 1 is 1.25 bits per heavy atom. The van der Waals surface area contributed by atoms with Crippen LogP contribution in [0.1, 0.15) is 36.0 Å². The Morgan fingerprint density at radius 3 is 2.40 bits per heavy atom. The van der Waals surface area contributed by atoms with Crippen LogP contribution in [0.4, 0.5) is 0 Å². The SMILES string of the molecule is Cc1csc(CNS(=O)(=O)c2ccc(C(C)C)cc2)n1. The predicted molar refractivity (Wildman–Crippen MR) is 81.4 cm³/mol. The molecule has 0 saturated carbocycles. The van der Waals surface area contributed by atoms with Crippen molar-refractivity contribution in [3.63, 3.8) is 0 Å². The minimum absolute atomic E-state index is 0.229. The fourth-order valence-corrected chi connectivity index (χ4v) is 3.55. The molecule has 0 fully saturated rings. The maximum atomic E-state index is 12.2. The van der Waals surface area contributed by atoms with Crippen molar-refractivity contribution in [2.24, 2.45) is 0 Å². The molecule has 4 nitrogen and oxygen atoms in total. The van der Waals surface area contributed by atoms with Gasteiger partial charge in [0.1, 0.15) is 5.01 Å². The highest BCUT2D eigenvalue weighted by molar-refractivity contribution is 7.89. The summed E-state index contributed by atoms with van der Waals surface area (Å²) >= 11 is 1.45. The minimum atomic E-state index is -3.48. The summed E-state index contributed by atoms with van der Waals surface area (Å²) in [6.07, 6.45) is 0. The van der Waals surface area contributed by atoms with E-state index in [2.05, 4.69) is 23.6 Å². The first-order chi connectivity index (χ1) is 9.38. The molecule has 0 aliphatic heterocycles. The number of nitrogens with one attached hydrogen (secondary N) is 1. The molecule has 108 valence electrons. The van der Waals surface area contributed by atoms with Crippen molar-refractivity contribution >= 4 is 21.4 Å². The zero-order valence-corrected chi connectivity index (χ0v) is 13.4. The molecule has 2 rings (SSSR count). The van der Waals surface area contributed by atoms with E-state index in [0.29, 0.717) is 5.92 Å². The van der Waals surface area contributed by atoms with Gasteiger partial charge in [-0.25, -0.2) is 18.1 Å². The van der Waals surface area contributed by atoms with Gasteiger partial charge in [-0.05, 0) is 30.5 Å². The molecule has 0 spiro atoms. The molecule has 0 unspecified atom stereocenters. The summed E-state index contributed by atoms with van der Waals surface area (Å²) in [5.74, 6) is 0.387. The number of benzene rings is 1. The second-order valence-corrected chi connectivity index (χ2v) is 7.64. The van der Waals surface area contributed by atoms with Crippen LogP contribution in [0.3, 0.4) is 0 Å². The number of thiazole rings is 1. The van der Waals surface area contributed by atoms with E-state index < -0.39 is 10.0 Å². The Labute approximate surface area is 123 Å². The van der Waals surface area contributed by atoms with E-state index in [1.807, 2.05) is 24.4 Å². The van der Waals surface area contributed by atoms with E-state index in [1.54, 1.807) is 12.1 Å². The highest BCUT2D eigenvalue weighted by Crippen LogP contribution is 2.17. The van der Waals surface area contributed by atoms with Crippen molar-refractivity contribution in [1.29, 1.82) is 0 Å². The molecule has 0 atom stereocenters. The number of hydrogen-bond acceptors (Lipinski definition) is 4. The maximum absolute atomic E-state index is 12.2. The normalized spacial score (nSPS) is 12.0. The van der Waals surface area contributed by atoms with Crippen molar-refractivity contribution in [1.82, 2.24) is 9.71 Å². The topological polar surface area (TPSA) is 59.1 Å². The van der Waals surface area contributed by atoms with Crippen LogP contribution in [0.25, 0.3) is 0 Å². The van der Waals surface area contributed by atoms with Gasteiger partial charge >= 0.3 is 0 Å². The first-order valence-electron chi connectivity index (χ1n) is 6.39. The van der Waals surface area contributed by atoms with E-state index in [9.17, 15) is 8.42 Å². The second kappa shape index (κ2) is 6.03. The third-order valence-corrected chi connectivity index (χ3v) is 5.32. The number of hydrogen-bond donors (Lipinski definition) is 1. The lowest BCUT2D eigenvalue weighted by atomic mass is 10.0. The Bertz CT molecular complexity index is 673. The first-order valence-corrected chi connectivity index (χ1v) is 8.75. The zero-order chi connectivity index (χ0) is 14.8. The molecule has 6 heteroatoms. The summed E-state index contributed by atoms with van der Waals surface area (Å²) in [5.41, 5.74) is 2.03. The van der Waals surface area contributed by atoms with Crippen LogP contribution in [0, 0.1) is 6.92 Å². The van der Waals surface area contributed by atoms with Gasteiger partial charge in [-0.2, -0.15) is 0 Å². The lowest BCUT2D eigenvalue weighted by molar-refractivity contribution is 0.581. The van der Waals surface area contributed by atoms with Crippen LogP contribution in [0.15, 0.2) is 34.5 Å². The smallest absolute Gasteiger partial charge is 0.240 e. The van der Waals surface area contributed by atoms with E-state index in [-0.39, 0.29) is 11.4 Å². The van der Waals surface area contributed by atoms with E-state index in [1.165, 1.54) is 11.3 Å². The number of aromatic nitrogens is 1. The molecule has 1 aromatic heterocycles. The molecular weight excluding hydrogens is 292 g/mol. The Balaban J connectivity index is 2.09. The van der Waals surface area contributed by atoms with Crippen molar-refractivity contribution < 1.29 is 8.42 Å². The van der Waals surface area contributed by atoms with Gasteiger partial charge in [0.15, 0.2) is 0 Å². The maximum Gasteiger partial charge on any atom is 0.240 e. The Hall–Kier alpha value is -1.24. The summed E-state index contributed by atoms with van der Waals surface area (Å²) in [6.45, 7) is 6.27. The number of nitrogens with zero attached hydrogens (tertiary/aromatic N) is 1. The predicted octanol–water partition coefficient (Wildman–Crippen LogP) is 3.05. The Morgan fingerprint density at radius 2 is 1.90 bits per heavy atom. The highest BCUT2D eigenvalue weighted by atomic mass is 32.2. The zero-order valence-electron chi connectivity index (χ0n) is 11.8. The fourth-order valence-electron chi connectivity index (χ4n) is 1.76. The van der Waals surface area contributed by atoms with Crippen LogP contribution in [-0.4, -0.2) is 13.4 Å². The number of sulfonamides is 1. The Kier molecular flexibility index (Phi) is 4.57. The standard InChI is InChI=1S/C14H18N2O2S2/c1-10(2)12-4-6-13(7-5-12)20(17,18)15-8-14-16-11(3)9-19-14/h4-7,9-10,15H,8H2,1-3H3. The fraction of sp³-hybridized carbons (Fsp3) is 0.357. The molecule has 20 heavy (non-hydrogen) atoms. The first kappa shape index (κ1) is 15.2. The molecule has 2 aromatic rings. The van der Waals surface area contributed by atoms with Crippen LogP contribution < -0.4 is 4.72 Å². The third-order valence-electron chi connectivity index (χ3n) is 2.94. The van der Waals surface area contributed by atoms with Crippen molar-refractivity contribution in [2.45, 2.75) is 38.1 Å². The van der Waals surface area contributed by atoms with Crippen LogP contribution in [0.5, 0.6) is 0 Å². The van der Waals surface area contributed by atoms with E-state index in [4.69, 9.17) is 0 Å². The van der Waals surface area contributed by atoms with Crippen LogP contribution in [-0.2, 0) is 16.6 Å². The van der Waals surface area contributed by atoms with Gasteiger partial charge in [-0.15, -0.1) is 11.3 Å². The molecule has 0 radical (unpaired) electrons. The lowest BCUT2D eigenvalue weighted by Gasteiger charge is -2.08. The van der Waals surface area contributed by atoms with Crippen LogP contribution in [0.2, 0.25) is 0 Å². The molecule has 0 bridgehead atoms. The molecule has 1 N–H and O–H groups in total. The molecule has 0 aliphatic carbocycles.